The predicted molar refractivity (Wildman–Crippen MR) is 268 cm³/mol. The van der Waals surface area contributed by atoms with Crippen LogP contribution in [0.1, 0.15) is 127 Å². The van der Waals surface area contributed by atoms with E-state index in [1.54, 1.807) is 6.21 Å². The van der Waals surface area contributed by atoms with Gasteiger partial charge in [0.15, 0.2) is 0 Å². The fourth-order valence-electron chi connectivity index (χ4n) is 10.8. The molecule has 0 aliphatic carbocycles. The van der Waals surface area contributed by atoms with Crippen LogP contribution in [-0.4, -0.2) is 83.8 Å². The SMILES string of the molecule is CC(C)=C([NH-])C(CCC(N)=O)C(C)(CN)C(C)C1N=C(/C(C)=C2N=C(/C=C3\N=CC(C)(CC(N)=O)C3CCC(N)=O)C(C)(C)C\2CCC(N)=O)C(C)(CCC(=O)NCC(C)OP(=O)([O-])O)C1CN.[CH3-].[Co+2]. The molecule has 11 atom stereocenters. The second kappa shape index (κ2) is 25.5. The van der Waals surface area contributed by atoms with Gasteiger partial charge in [-0.2, -0.15) is 5.70 Å². The van der Waals surface area contributed by atoms with Crippen LogP contribution in [0.4, 0.5) is 0 Å². The van der Waals surface area contributed by atoms with Crippen LogP contribution in [0.15, 0.2) is 49.3 Å². The number of hydrogen-bond donors (Lipinski definition) is 8. The zero-order valence-corrected chi connectivity index (χ0v) is 44.9. The van der Waals surface area contributed by atoms with Crippen LogP contribution in [0.25, 0.3) is 5.73 Å². The van der Waals surface area contributed by atoms with Gasteiger partial charge in [0.25, 0.3) is 7.82 Å². The molecule has 3 aliphatic heterocycles. The van der Waals surface area contributed by atoms with Gasteiger partial charge in [-0.1, -0.05) is 47.1 Å². The van der Waals surface area contributed by atoms with Crippen LogP contribution in [-0.2, 0) is 49.8 Å². The smallest absolute Gasteiger partial charge is 0.756 e. The number of primary amides is 4. The molecule has 0 fully saturated rings. The maximum Gasteiger partial charge on any atom is 2.00 e. The number of aliphatic imine (C=N–C) groups is 3. The van der Waals surface area contributed by atoms with Crippen LogP contribution < -0.4 is 44.6 Å². The molecule has 0 aromatic carbocycles. The molecule has 11 unspecified atom stereocenters. The van der Waals surface area contributed by atoms with E-state index in [-0.39, 0.29) is 94.7 Å². The van der Waals surface area contributed by atoms with Crippen LogP contribution >= 0.6 is 7.82 Å². The number of phosphoric ester groups is 1. The number of phosphoric acid groups is 1. The first-order chi connectivity index (χ1) is 31.3. The number of nitrogens with zero attached hydrogens (tertiary/aromatic N) is 3. The van der Waals surface area contributed by atoms with Gasteiger partial charge in [0.1, 0.15) is 0 Å². The first-order valence-corrected chi connectivity index (χ1v) is 24.9. The maximum atomic E-state index is 13.6. The second-order valence-corrected chi connectivity index (χ2v) is 21.9. The largest absolute Gasteiger partial charge is 2.00 e. The molecule has 0 aromatic rings. The Labute approximate surface area is 425 Å². The van der Waals surface area contributed by atoms with Gasteiger partial charge in [0.2, 0.25) is 29.5 Å². The third-order valence-electron chi connectivity index (χ3n) is 15.1. The standard InChI is InChI=1S/C47H79N11O9P.CH3.Co/c1-25(2)40(54)30(12-15-36(51)60)47(10,23-49)28(5)42-32(21-48)46(9,18-17-39(63)55-22-26(3)67-68(64,65)66)43(58-42)27(4)41-31(13-16-37(52)61)44(6,7)34(57-41)19-33-29(11-14-35(50)59)45(8,24-56-33)20-38(53)62;;/h19,24,26,28-32,42,54H,11-18,20-23,48-49H2,1-10H3,(H2,50,59)(H2,51,60)(H2,52,61)(H2,53,62)(H,55,63)(H2,64,65,66);1H3;/q2*-1;+2/p-1/b33-19-,41-27-;;. The Hall–Kier alpha value is -4.08. The number of hydrogen-bond acceptors (Lipinski definition) is 13. The van der Waals surface area contributed by atoms with E-state index in [9.17, 15) is 44.1 Å². The van der Waals surface area contributed by atoms with Crippen molar-refractivity contribution in [2.24, 2.45) is 101 Å². The average Bonchev–Trinajstić information content (AvgIpc) is 3.79. The number of allylic oxidation sites excluding steroid dienone is 6. The Kier molecular flexibility index (Phi) is 23.3. The molecule has 0 aromatic heterocycles. The van der Waals surface area contributed by atoms with E-state index in [2.05, 4.69) is 9.84 Å². The molecule has 3 heterocycles. The minimum Gasteiger partial charge on any atom is -0.756 e. The van der Waals surface area contributed by atoms with Gasteiger partial charge in [-0.3, -0.25) is 43.5 Å². The fourth-order valence-corrected chi connectivity index (χ4v) is 11.3. The summed E-state index contributed by atoms with van der Waals surface area (Å²) in [6.07, 6.45) is 3.69. The second-order valence-electron chi connectivity index (χ2n) is 20.7. The van der Waals surface area contributed by atoms with Crippen LogP contribution in [0, 0.1) is 58.7 Å². The summed E-state index contributed by atoms with van der Waals surface area (Å²) in [6.45, 7) is 18.9. The Morgan fingerprint density at radius 1 is 0.957 bits per heavy atom. The molecule has 397 valence electrons. The van der Waals surface area contributed by atoms with Crippen molar-refractivity contribution in [1.29, 1.82) is 0 Å². The van der Waals surface area contributed by atoms with Crippen molar-refractivity contribution < 1.29 is 59.6 Å². The summed E-state index contributed by atoms with van der Waals surface area (Å²) in [4.78, 5) is 98.6. The summed E-state index contributed by atoms with van der Waals surface area (Å²) < 4.78 is 15.9. The molecular weight excluding hydrogens is 965 g/mol. The number of carbonyl (C=O) groups excluding carboxylic acids is 5. The number of amides is 5. The van der Waals surface area contributed by atoms with E-state index in [1.807, 2.05) is 68.4 Å². The third kappa shape index (κ3) is 15.2. The van der Waals surface area contributed by atoms with Gasteiger partial charge in [0.05, 0.1) is 12.1 Å². The molecule has 0 bridgehead atoms. The number of carbonyl (C=O) groups is 5. The Bertz CT molecular complexity index is 2190. The van der Waals surface area contributed by atoms with Crippen LogP contribution in [0.2, 0.25) is 0 Å². The van der Waals surface area contributed by atoms with Gasteiger partial charge in [-0.25, -0.2) is 0 Å². The fraction of sp³-hybridized carbons (Fsp3) is 0.688. The molecular formula is C48H81CoN11O9P-. The Morgan fingerprint density at radius 2 is 1.51 bits per heavy atom. The molecule has 1 radical (unpaired) electrons. The summed E-state index contributed by atoms with van der Waals surface area (Å²) in [5.74, 6) is -4.49. The quantitative estimate of drug-likeness (QED) is 0.0455. The molecule has 0 saturated carbocycles. The average molecular weight is 1050 g/mol. The summed E-state index contributed by atoms with van der Waals surface area (Å²) >= 11 is 0. The molecule has 3 rings (SSSR count). The summed E-state index contributed by atoms with van der Waals surface area (Å²) in [6, 6.07) is -0.525. The van der Waals surface area contributed by atoms with Crippen molar-refractivity contribution in [2.45, 2.75) is 139 Å². The minimum atomic E-state index is -5.05. The molecule has 70 heavy (non-hydrogen) atoms. The zero-order valence-electron chi connectivity index (χ0n) is 43.0. The zero-order chi connectivity index (χ0) is 51.9. The van der Waals surface area contributed by atoms with Crippen molar-refractivity contribution in [3.05, 3.63) is 47.5 Å². The van der Waals surface area contributed by atoms with E-state index >= 15 is 0 Å². The Morgan fingerprint density at radius 3 is 2.00 bits per heavy atom. The van der Waals surface area contributed by atoms with Gasteiger partial charge in [-0.15, -0.1) is 0 Å². The number of nitrogens with one attached hydrogen (secondary N) is 2. The maximum absolute atomic E-state index is 13.6. The van der Waals surface area contributed by atoms with Gasteiger partial charge >= 0.3 is 16.8 Å². The van der Waals surface area contributed by atoms with Gasteiger partial charge < -0.3 is 67.2 Å². The molecule has 3 aliphatic rings. The van der Waals surface area contributed by atoms with Crippen LogP contribution in [0.5, 0.6) is 0 Å². The van der Waals surface area contributed by atoms with E-state index in [1.165, 1.54) is 6.92 Å². The van der Waals surface area contributed by atoms with E-state index in [0.29, 0.717) is 46.9 Å². The summed E-state index contributed by atoms with van der Waals surface area (Å²) in [7, 11) is -5.05. The predicted octanol–water partition coefficient (Wildman–Crippen LogP) is 3.80. The van der Waals surface area contributed by atoms with E-state index in [4.69, 9.17) is 49.4 Å². The number of rotatable bonds is 26. The van der Waals surface area contributed by atoms with Crippen LogP contribution in [0.3, 0.4) is 0 Å². The van der Waals surface area contributed by atoms with Crippen molar-refractivity contribution in [3.8, 4) is 0 Å². The molecule has 22 heteroatoms. The normalized spacial score (nSPS) is 27.9. The van der Waals surface area contributed by atoms with Crippen molar-refractivity contribution in [2.75, 3.05) is 19.6 Å². The Balaban J connectivity index is 0.0000122. The number of nitrogens with two attached hydrogens (primary N) is 6. The van der Waals surface area contributed by atoms with Gasteiger partial charge in [0, 0.05) is 102 Å². The van der Waals surface area contributed by atoms with Crippen molar-refractivity contribution in [3.63, 3.8) is 0 Å². The molecule has 5 amide bonds. The molecule has 15 N–H and O–H groups in total. The first kappa shape index (κ1) is 63.9. The third-order valence-corrected chi connectivity index (χ3v) is 15.8. The van der Waals surface area contributed by atoms with E-state index < -0.39 is 94.8 Å². The molecule has 0 spiro atoms. The minimum absolute atomic E-state index is 0. The monoisotopic (exact) mass is 1050 g/mol. The summed E-state index contributed by atoms with van der Waals surface area (Å²) in [5, 5.41) is 2.69. The van der Waals surface area contributed by atoms with Crippen molar-refractivity contribution in [1.82, 2.24) is 5.32 Å². The van der Waals surface area contributed by atoms with E-state index in [0.717, 1.165) is 5.57 Å². The van der Waals surface area contributed by atoms with Gasteiger partial charge in [-0.05, 0) is 95.4 Å². The molecule has 20 nitrogen and oxygen atoms in total. The molecule has 0 saturated heterocycles. The van der Waals surface area contributed by atoms with Crippen molar-refractivity contribution >= 4 is 55.0 Å². The topological polar surface area (TPSA) is 384 Å². The summed E-state index contributed by atoms with van der Waals surface area (Å²) in [5.41, 5.74) is 46.4. The first-order valence-electron chi connectivity index (χ1n) is 23.4.